The summed E-state index contributed by atoms with van der Waals surface area (Å²) in [4.78, 5) is 15.2. The number of aliphatic hydroxyl groups excluding tert-OH is 1. The predicted molar refractivity (Wildman–Crippen MR) is 108 cm³/mol. The summed E-state index contributed by atoms with van der Waals surface area (Å²) in [5.74, 6) is 0.742. The highest BCUT2D eigenvalue weighted by atomic mass is 35.5. The smallest absolute Gasteiger partial charge is 0.239 e. The summed E-state index contributed by atoms with van der Waals surface area (Å²) in [6.07, 6.45) is 6.93. The fraction of sp³-hybridized carbons (Fsp3) is 0.947. The number of nitrogens with zero attached hydrogens (tertiary/aromatic N) is 1. The number of carbonyl (C=O) groups excluding carboxylic acids is 1. The van der Waals surface area contributed by atoms with Gasteiger partial charge in [-0.25, -0.2) is 0 Å². The SMILES string of the molecule is O=C(C1CC2C(Cl)CCCC2N1)N1CCC2NC(NC3CC(O)C3)SC2C1. The van der Waals surface area contributed by atoms with E-state index in [1.54, 1.807) is 0 Å². The number of halogens is 1. The van der Waals surface area contributed by atoms with Crippen molar-refractivity contribution in [3.8, 4) is 0 Å². The lowest BCUT2D eigenvalue weighted by Crippen LogP contribution is -2.55. The molecule has 8 heteroatoms. The van der Waals surface area contributed by atoms with Gasteiger partial charge in [0.1, 0.15) is 5.50 Å². The number of alkyl halides is 1. The molecule has 2 aliphatic carbocycles. The normalized spacial score (nSPS) is 49.4. The fourth-order valence-corrected chi connectivity index (χ4v) is 7.58. The maximum absolute atomic E-state index is 13.1. The Morgan fingerprint density at radius 2 is 2.00 bits per heavy atom. The zero-order valence-corrected chi connectivity index (χ0v) is 17.2. The van der Waals surface area contributed by atoms with Gasteiger partial charge in [0, 0.05) is 41.8 Å². The summed E-state index contributed by atoms with van der Waals surface area (Å²) < 4.78 is 0. The molecule has 5 fully saturated rings. The summed E-state index contributed by atoms with van der Waals surface area (Å²) >= 11 is 8.45. The van der Waals surface area contributed by atoms with Gasteiger partial charge in [-0.2, -0.15) is 0 Å². The number of hydrogen-bond donors (Lipinski definition) is 4. The Balaban J connectivity index is 1.14. The van der Waals surface area contributed by atoms with Crippen molar-refractivity contribution in [1.29, 1.82) is 0 Å². The molecule has 3 aliphatic heterocycles. The molecule has 1 amide bonds. The van der Waals surface area contributed by atoms with Crippen molar-refractivity contribution in [3.05, 3.63) is 0 Å². The van der Waals surface area contributed by atoms with E-state index in [0.29, 0.717) is 29.3 Å². The van der Waals surface area contributed by atoms with Crippen molar-refractivity contribution < 1.29 is 9.90 Å². The van der Waals surface area contributed by atoms with Crippen LogP contribution in [0.5, 0.6) is 0 Å². The van der Waals surface area contributed by atoms with Gasteiger partial charge in [0.15, 0.2) is 0 Å². The minimum atomic E-state index is -0.125. The minimum Gasteiger partial charge on any atom is -0.393 e. The number of likely N-dealkylation sites (tertiary alicyclic amines) is 1. The van der Waals surface area contributed by atoms with E-state index in [9.17, 15) is 9.90 Å². The summed E-state index contributed by atoms with van der Waals surface area (Å²) in [6.45, 7) is 1.69. The fourth-order valence-electron chi connectivity index (χ4n) is 5.60. The van der Waals surface area contributed by atoms with Gasteiger partial charge < -0.3 is 15.3 Å². The number of hydrogen-bond acceptors (Lipinski definition) is 6. The molecule has 5 rings (SSSR count). The number of fused-ring (bicyclic) bond motifs is 2. The number of thioether (sulfide) groups is 1. The van der Waals surface area contributed by atoms with Gasteiger partial charge in [-0.1, -0.05) is 6.42 Å². The van der Waals surface area contributed by atoms with Crippen molar-refractivity contribution in [1.82, 2.24) is 20.9 Å². The van der Waals surface area contributed by atoms with Crippen molar-refractivity contribution in [2.75, 3.05) is 13.1 Å². The molecule has 6 nitrogen and oxygen atoms in total. The molecule has 27 heavy (non-hydrogen) atoms. The molecule has 0 aromatic carbocycles. The number of nitrogens with one attached hydrogen (secondary N) is 3. The number of rotatable bonds is 3. The van der Waals surface area contributed by atoms with E-state index < -0.39 is 0 Å². The molecule has 0 aromatic rings. The lowest BCUT2D eigenvalue weighted by Gasteiger charge is -2.35. The van der Waals surface area contributed by atoms with Crippen LogP contribution in [0.25, 0.3) is 0 Å². The van der Waals surface area contributed by atoms with Crippen LogP contribution in [0.1, 0.15) is 44.9 Å². The van der Waals surface area contributed by atoms with E-state index >= 15 is 0 Å². The van der Waals surface area contributed by atoms with E-state index in [-0.39, 0.29) is 28.9 Å². The third-order valence-corrected chi connectivity index (χ3v) is 9.16. The number of amides is 1. The molecular formula is C19H31ClN4O2S. The zero-order chi connectivity index (χ0) is 18.5. The highest BCUT2D eigenvalue weighted by molar-refractivity contribution is 8.00. The van der Waals surface area contributed by atoms with Gasteiger partial charge in [-0.3, -0.25) is 15.4 Å². The molecule has 0 bridgehead atoms. The second kappa shape index (κ2) is 7.65. The van der Waals surface area contributed by atoms with Crippen LogP contribution in [-0.4, -0.2) is 75.4 Å². The summed E-state index contributed by atoms with van der Waals surface area (Å²) in [5, 5.41) is 21.0. The molecule has 0 spiro atoms. The highest BCUT2D eigenvalue weighted by Gasteiger charge is 2.46. The van der Waals surface area contributed by atoms with Crippen LogP contribution in [0.4, 0.5) is 0 Å². The molecule has 4 N–H and O–H groups in total. The van der Waals surface area contributed by atoms with Crippen LogP contribution in [0.3, 0.4) is 0 Å². The first kappa shape index (κ1) is 18.9. The molecular weight excluding hydrogens is 384 g/mol. The maximum atomic E-state index is 13.1. The van der Waals surface area contributed by atoms with Gasteiger partial charge in [0.2, 0.25) is 5.91 Å². The zero-order valence-electron chi connectivity index (χ0n) is 15.6. The molecule has 2 saturated carbocycles. The first-order valence-electron chi connectivity index (χ1n) is 10.6. The summed E-state index contributed by atoms with van der Waals surface area (Å²) in [6, 6.07) is 1.30. The Labute approximate surface area is 170 Å². The minimum absolute atomic E-state index is 0.0411. The topological polar surface area (TPSA) is 76.6 Å². The number of carbonyl (C=O) groups is 1. The van der Waals surface area contributed by atoms with Gasteiger partial charge in [-0.15, -0.1) is 23.4 Å². The third-order valence-electron chi connectivity index (χ3n) is 7.25. The van der Waals surface area contributed by atoms with Crippen LogP contribution in [0.15, 0.2) is 0 Å². The Bertz CT molecular complexity index is 578. The van der Waals surface area contributed by atoms with Gasteiger partial charge in [-0.05, 0) is 44.4 Å². The Morgan fingerprint density at radius 1 is 1.15 bits per heavy atom. The van der Waals surface area contributed by atoms with E-state index in [2.05, 4.69) is 20.9 Å². The average Bonchev–Trinajstić information content (AvgIpc) is 3.23. The van der Waals surface area contributed by atoms with E-state index in [1.807, 2.05) is 11.8 Å². The maximum Gasteiger partial charge on any atom is 0.239 e. The van der Waals surface area contributed by atoms with Gasteiger partial charge >= 0.3 is 0 Å². The molecule has 3 saturated heterocycles. The number of piperidine rings is 1. The van der Waals surface area contributed by atoms with Gasteiger partial charge in [0.25, 0.3) is 0 Å². The molecule has 152 valence electrons. The molecule has 3 heterocycles. The third kappa shape index (κ3) is 3.76. The van der Waals surface area contributed by atoms with Gasteiger partial charge in [0.05, 0.1) is 12.1 Å². The lowest BCUT2D eigenvalue weighted by molar-refractivity contribution is -0.134. The monoisotopic (exact) mass is 414 g/mol. The van der Waals surface area contributed by atoms with Crippen LogP contribution in [0.2, 0.25) is 0 Å². The lowest BCUT2D eigenvalue weighted by atomic mass is 9.84. The Hall–Kier alpha value is -0.0500. The van der Waals surface area contributed by atoms with E-state index in [0.717, 1.165) is 51.6 Å². The second-order valence-electron chi connectivity index (χ2n) is 9.06. The van der Waals surface area contributed by atoms with Crippen molar-refractivity contribution in [2.24, 2.45) is 5.92 Å². The molecule has 0 radical (unpaired) electrons. The van der Waals surface area contributed by atoms with Crippen LogP contribution in [-0.2, 0) is 4.79 Å². The van der Waals surface area contributed by atoms with Crippen LogP contribution in [0, 0.1) is 5.92 Å². The van der Waals surface area contributed by atoms with E-state index in [1.165, 1.54) is 6.42 Å². The number of aliphatic hydroxyl groups is 1. The van der Waals surface area contributed by atoms with Crippen LogP contribution < -0.4 is 16.0 Å². The largest absolute Gasteiger partial charge is 0.393 e. The molecule has 7 atom stereocenters. The predicted octanol–water partition coefficient (Wildman–Crippen LogP) is 0.827. The van der Waals surface area contributed by atoms with Crippen molar-refractivity contribution >= 4 is 29.3 Å². The van der Waals surface area contributed by atoms with Crippen molar-refractivity contribution in [3.63, 3.8) is 0 Å². The highest BCUT2D eigenvalue weighted by Crippen LogP contribution is 2.38. The Morgan fingerprint density at radius 3 is 2.78 bits per heavy atom. The molecule has 7 unspecified atom stereocenters. The second-order valence-corrected chi connectivity index (χ2v) is 11.0. The van der Waals surface area contributed by atoms with Crippen LogP contribution >= 0.6 is 23.4 Å². The molecule has 5 aliphatic rings. The molecule has 0 aromatic heterocycles. The first-order chi connectivity index (χ1) is 13.1. The quantitative estimate of drug-likeness (QED) is 0.512. The van der Waals surface area contributed by atoms with Crippen molar-refractivity contribution in [2.45, 2.75) is 91.3 Å². The average molecular weight is 415 g/mol. The van der Waals surface area contributed by atoms with E-state index in [4.69, 9.17) is 11.6 Å². The summed E-state index contributed by atoms with van der Waals surface area (Å²) in [7, 11) is 0. The first-order valence-corrected chi connectivity index (χ1v) is 12.0. The standard InChI is InChI=1S/C19H31ClN4O2S/c20-13-2-1-3-14-12(13)8-16(22-14)18(26)24-5-4-15-17(9-24)27-19(23-15)21-10-6-11(25)7-10/h10-17,19,21-23,25H,1-9H2. The summed E-state index contributed by atoms with van der Waals surface area (Å²) in [5.41, 5.74) is 0.247. The Kier molecular flexibility index (Phi) is 5.37.